The Kier molecular flexibility index (Phi) is 8.77. The molecule has 7 heteroatoms. The summed E-state index contributed by atoms with van der Waals surface area (Å²) >= 11 is 1.57. The standard InChI is InChI=1S/C28H41NO5S/c1-15-8-9-23(16(2)11-21-14-35-19(5)29-21)34-25(31)13-24(30)28(6,7)27(33)18(4)26(32)17(3)22-12-20(22)10-15/h8,11,14,17-18,20,22-24,26,30,32H,9-10,12-13H2,1-7H3/b15-8-,16-11?/t17-,18+,20?,22?,23+,24-,26-/m0/s1. The van der Waals surface area contributed by atoms with E-state index in [-0.39, 0.29) is 18.1 Å². The lowest BCUT2D eigenvalue weighted by Crippen LogP contribution is -2.46. The topological polar surface area (TPSA) is 96.7 Å². The highest BCUT2D eigenvalue weighted by Gasteiger charge is 2.47. The summed E-state index contributed by atoms with van der Waals surface area (Å²) in [6.45, 7) is 13.0. The smallest absolute Gasteiger partial charge is 0.309 e. The van der Waals surface area contributed by atoms with Gasteiger partial charge in [-0.3, -0.25) is 9.59 Å². The molecule has 1 aromatic heterocycles. The third kappa shape index (κ3) is 6.69. The average Bonchev–Trinajstić information content (AvgIpc) is 3.43. The van der Waals surface area contributed by atoms with Crippen LogP contribution < -0.4 is 0 Å². The Morgan fingerprint density at radius 3 is 2.51 bits per heavy atom. The molecule has 0 bridgehead atoms. The highest BCUT2D eigenvalue weighted by atomic mass is 32.1. The van der Waals surface area contributed by atoms with Crippen molar-refractivity contribution in [3.05, 3.63) is 33.3 Å². The fourth-order valence-corrected chi connectivity index (χ4v) is 5.86. The van der Waals surface area contributed by atoms with Crippen LogP contribution >= 0.6 is 11.3 Å². The molecule has 35 heavy (non-hydrogen) atoms. The van der Waals surface area contributed by atoms with Gasteiger partial charge in [-0.2, -0.15) is 0 Å². The first-order valence-corrected chi connectivity index (χ1v) is 13.5. The van der Waals surface area contributed by atoms with Crippen LogP contribution in [-0.2, 0) is 14.3 Å². The Morgan fingerprint density at radius 1 is 1.20 bits per heavy atom. The number of aryl methyl sites for hydroxylation is 1. The number of ketones is 1. The van der Waals surface area contributed by atoms with E-state index in [9.17, 15) is 19.8 Å². The number of thiazole rings is 1. The molecule has 2 unspecified atom stereocenters. The molecule has 2 heterocycles. The van der Waals surface area contributed by atoms with Gasteiger partial charge in [-0.15, -0.1) is 11.3 Å². The lowest BCUT2D eigenvalue weighted by Gasteiger charge is -2.34. The van der Waals surface area contributed by atoms with Gasteiger partial charge in [0.15, 0.2) is 0 Å². The second-order valence-corrected chi connectivity index (χ2v) is 12.3. The number of hydrogen-bond donors (Lipinski definition) is 2. The number of cyclic esters (lactones) is 1. The molecule has 194 valence electrons. The van der Waals surface area contributed by atoms with Gasteiger partial charge < -0.3 is 14.9 Å². The molecule has 0 aromatic carbocycles. The first kappa shape index (κ1) is 27.8. The van der Waals surface area contributed by atoms with Gasteiger partial charge in [0.2, 0.25) is 0 Å². The van der Waals surface area contributed by atoms with Gasteiger partial charge in [-0.25, -0.2) is 4.98 Å². The van der Waals surface area contributed by atoms with Gasteiger partial charge >= 0.3 is 5.97 Å². The minimum absolute atomic E-state index is 0.00272. The summed E-state index contributed by atoms with van der Waals surface area (Å²) in [5.74, 6) is -0.544. The van der Waals surface area contributed by atoms with Crippen molar-refractivity contribution >= 4 is 29.2 Å². The SMILES string of the molecule is CC(=Cc1csc(C)n1)[C@H]1C/C=C(/C)CC2CC2[C@H](C)[C@H](O)[C@@H](C)C(=O)C(C)(C)[C@@H](O)CC(=O)O1. The summed E-state index contributed by atoms with van der Waals surface area (Å²) in [5, 5.41) is 24.8. The first-order valence-electron chi connectivity index (χ1n) is 12.7. The van der Waals surface area contributed by atoms with Crippen molar-refractivity contribution in [2.24, 2.45) is 29.1 Å². The summed E-state index contributed by atoms with van der Waals surface area (Å²) in [7, 11) is 0. The molecule has 0 amide bonds. The number of nitrogens with zero attached hydrogens (tertiary/aromatic N) is 1. The minimum Gasteiger partial charge on any atom is -0.457 e. The van der Waals surface area contributed by atoms with Crippen molar-refractivity contribution in [1.29, 1.82) is 0 Å². The number of Topliss-reactive ketones (excluding diaryl/α,β-unsaturated/α-hetero) is 1. The number of esters is 1. The number of aromatic nitrogens is 1. The molecule has 1 saturated carbocycles. The van der Waals surface area contributed by atoms with Crippen LogP contribution in [0.5, 0.6) is 0 Å². The van der Waals surface area contributed by atoms with Gasteiger partial charge in [-0.05, 0) is 63.0 Å². The Morgan fingerprint density at radius 2 is 1.89 bits per heavy atom. The number of fused-ring (bicyclic) bond motifs is 1. The number of ether oxygens (including phenoxy) is 1. The molecule has 0 saturated heterocycles. The van der Waals surface area contributed by atoms with Gasteiger partial charge in [0, 0.05) is 17.7 Å². The second-order valence-electron chi connectivity index (χ2n) is 11.3. The normalized spacial score (nSPS) is 36.7. The van der Waals surface area contributed by atoms with E-state index in [1.807, 2.05) is 32.2 Å². The number of carbonyl (C=O) groups excluding carboxylic acids is 2. The summed E-state index contributed by atoms with van der Waals surface area (Å²) in [4.78, 5) is 30.7. The lowest BCUT2D eigenvalue weighted by atomic mass is 9.72. The molecule has 6 nitrogen and oxygen atoms in total. The lowest BCUT2D eigenvalue weighted by molar-refractivity contribution is -0.154. The highest BCUT2D eigenvalue weighted by molar-refractivity contribution is 7.09. The van der Waals surface area contributed by atoms with E-state index in [2.05, 4.69) is 18.0 Å². The molecule has 2 N–H and O–H groups in total. The van der Waals surface area contributed by atoms with Crippen molar-refractivity contribution in [2.45, 2.75) is 92.5 Å². The fourth-order valence-electron chi connectivity index (χ4n) is 5.29. The van der Waals surface area contributed by atoms with Crippen LogP contribution in [0.3, 0.4) is 0 Å². The monoisotopic (exact) mass is 503 g/mol. The molecule has 1 aliphatic carbocycles. The molecule has 1 aromatic rings. The number of allylic oxidation sites excluding steroid dienone is 1. The van der Waals surface area contributed by atoms with Gasteiger partial charge in [0.1, 0.15) is 11.9 Å². The van der Waals surface area contributed by atoms with Gasteiger partial charge in [-0.1, -0.05) is 39.3 Å². The maximum Gasteiger partial charge on any atom is 0.309 e. The Hall–Kier alpha value is -1.83. The Bertz CT molecular complexity index is 993. The van der Waals surface area contributed by atoms with Crippen molar-refractivity contribution in [2.75, 3.05) is 0 Å². The molecule has 1 fully saturated rings. The predicted octanol–water partition coefficient (Wildman–Crippen LogP) is 5.12. The quantitative estimate of drug-likeness (QED) is 0.429. The van der Waals surface area contributed by atoms with Crippen LogP contribution in [0.15, 0.2) is 22.6 Å². The van der Waals surface area contributed by atoms with Crippen molar-refractivity contribution in [3.8, 4) is 0 Å². The van der Waals surface area contributed by atoms with Gasteiger partial charge in [0.25, 0.3) is 0 Å². The third-order valence-electron chi connectivity index (χ3n) is 8.00. The van der Waals surface area contributed by atoms with Crippen LogP contribution in [0.1, 0.15) is 77.9 Å². The van der Waals surface area contributed by atoms with Crippen LogP contribution in [0.25, 0.3) is 6.08 Å². The number of hydrogen-bond acceptors (Lipinski definition) is 7. The summed E-state index contributed by atoms with van der Waals surface area (Å²) in [6.07, 6.45) is 3.83. The average molecular weight is 504 g/mol. The van der Waals surface area contributed by atoms with Crippen molar-refractivity contribution < 1.29 is 24.5 Å². The van der Waals surface area contributed by atoms with Gasteiger partial charge in [0.05, 0.1) is 34.7 Å². The van der Waals surface area contributed by atoms with E-state index in [0.29, 0.717) is 18.3 Å². The van der Waals surface area contributed by atoms with E-state index in [1.165, 1.54) is 5.57 Å². The zero-order valence-corrected chi connectivity index (χ0v) is 22.9. The zero-order valence-electron chi connectivity index (χ0n) is 22.1. The molecular weight excluding hydrogens is 462 g/mol. The molecule has 7 atom stereocenters. The zero-order chi connectivity index (χ0) is 26.1. The number of rotatable bonds is 2. The second kappa shape index (κ2) is 11.1. The number of aliphatic hydroxyl groups is 2. The third-order valence-corrected chi connectivity index (χ3v) is 8.80. The largest absolute Gasteiger partial charge is 0.457 e. The van der Waals surface area contributed by atoms with E-state index >= 15 is 0 Å². The minimum atomic E-state index is -1.21. The maximum atomic E-state index is 13.3. The number of carbonyl (C=O) groups is 2. The van der Waals surface area contributed by atoms with E-state index in [4.69, 9.17) is 4.74 Å². The van der Waals surface area contributed by atoms with Crippen LogP contribution in [0, 0.1) is 36.0 Å². The molecule has 0 radical (unpaired) electrons. The van der Waals surface area contributed by atoms with Crippen molar-refractivity contribution in [3.63, 3.8) is 0 Å². The molecular formula is C28H41NO5S. The van der Waals surface area contributed by atoms with Crippen LogP contribution in [0.4, 0.5) is 0 Å². The summed E-state index contributed by atoms with van der Waals surface area (Å²) in [5.41, 5.74) is 1.76. The summed E-state index contributed by atoms with van der Waals surface area (Å²) in [6, 6.07) is 0. The van der Waals surface area contributed by atoms with Crippen LogP contribution in [-0.4, -0.2) is 45.3 Å². The Balaban J connectivity index is 1.89. The van der Waals surface area contributed by atoms with E-state index in [0.717, 1.165) is 29.1 Å². The Labute approximate surface area is 213 Å². The molecule has 0 spiro atoms. The van der Waals surface area contributed by atoms with E-state index in [1.54, 1.807) is 32.1 Å². The van der Waals surface area contributed by atoms with E-state index < -0.39 is 35.6 Å². The van der Waals surface area contributed by atoms with Crippen LogP contribution in [0.2, 0.25) is 0 Å². The maximum absolute atomic E-state index is 13.3. The number of aliphatic hydroxyl groups excluding tert-OH is 2. The fraction of sp³-hybridized carbons (Fsp3) is 0.679. The predicted molar refractivity (Wildman–Crippen MR) is 139 cm³/mol. The first-order chi connectivity index (χ1) is 16.3. The molecule has 1 aliphatic heterocycles. The highest BCUT2D eigenvalue weighted by Crippen LogP contribution is 2.50. The van der Waals surface area contributed by atoms with Crippen molar-refractivity contribution in [1.82, 2.24) is 4.98 Å². The molecule has 2 aliphatic rings. The molecule has 3 rings (SSSR count). The summed E-state index contributed by atoms with van der Waals surface area (Å²) < 4.78 is 5.84.